The summed E-state index contributed by atoms with van der Waals surface area (Å²) in [7, 11) is 0. The van der Waals surface area contributed by atoms with E-state index in [0.717, 1.165) is 66.8 Å². The van der Waals surface area contributed by atoms with E-state index in [2.05, 4.69) is 43.1 Å². The summed E-state index contributed by atoms with van der Waals surface area (Å²) in [4.78, 5) is 18.1. The van der Waals surface area contributed by atoms with Crippen molar-refractivity contribution in [1.29, 1.82) is 0 Å². The Morgan fingerprint density at radius 3 is 2.71 bits per heavy atom. The molecule has 1 aromatic carbocycles. The number of hydrogen-bond donors (Lipinski definition) is 2. The summed E-state index contributed by atoms with van der Waals surface area (Å²) in [5, 5.41) is 6.53. The van der Waals surface area contributed by atoms with E-state index in [1.807, 2.05) is 31.3 Å². The molecular weight excluding hydrogens is 429 g/mol. The van der Waals surface area contributed by atoms with Crippen LogP contribution in [-0.2, 0) is 6.42 Å². The second-order valence-electron chi connectivity index (χ2n) is 9.46. The smallest absolute Gasteiger partial charge is 0.229 e. The van der Waals surface area contributed by atoms with E-state index >= 15 is 0 Å². The first-order valence-corrected chi connectivity index (χ1v) is 12.0. The quantitative estimate of drug-likeness (QED) is 0.446. The molecule has 2 aliphatic heterocycles. The molecule has 174 valence electrons. The van der Waals surface area contributed by atoms with Crippen molar-refractivity contribution in [3.05, 3.63) is 59.4 Å². The maximum Gasteiger partial charge on any atom is 0.229 e. The molecule has 8 heteroatoms. The number of piperidine rings is 1. The summed E-state index contributed by atoms with van der Waals surface area (Å²) in [6.45, 7) is 6.31. The molecule has 1 unspecified atom stereocenters. The number of rotatable bonds is 4. The van der Waals surface area contributed by atoms with Crippen molar-refractivity contribution in [3.63, 3.8) is 0 Å². The van der Waals surface area contributed by atoms with Gasteiger partial charge in [0.1, 0.15) is 17.3 Å². The van der Waals surface area contributed by atoms with Crippen molar-refractivity contribution in [2.75, 3.05) is 18.4 Å². The Labute approximate surface area is 197 Å². The maximum atomic E-state index is 14.9. The highest BCUT2D eigenvalue weighted by atomic mass is 19.1. The van der Waals surface area contributed by atoms with Gasteiger partial charge in [-0.25, -0.2) is 24.3 Å². The van der Waals surface area contributed by atoms with E-state index in [0.29, 0.717) is 23.7 Å². The molecule has 0 saturated carbocycles. The topological polar surface area (TPSA) is 80.6 Å². The normalized spacial score (nSPS) is 18.4. The van der Waals surface area contributed by atoms with Crippen molar-refractivity contribution in [2.24, 2.45) is 0 Å². The molecule has 0 spiro atoms. The number of fused-ring (bicyclic) bond motifs is 3. The third kappa shape index (κ3) is 3.72. The van der Waals surface area contributed by atoms with Gasteiger partial charge in [0.05, 0.1) is 17.2 Å². The lowest BCUT2D eigenvalue weighted by Gasteiger charge is -2.22. The molecule has 0 bridgehead atoms. The Bertz CT molecular complexity index is 1360. The SMILES string of the molecule is Cc1cc(-c2nc(Nc3ccc(C4CCNCC4)cn3)ncc2F)cc2c1nc1n2C(C)CC1. The molecule has 2 aliphatic rings. The number of hydrogen-bond acceptors (Lipinski definition) is 6. The second-order valence-corrected chi connectivity index (χ2v) is 9.46. The Morgan fingerprint density at radius 1 is 1.06 bits per heavy atom. The molecule has 34 heavy (non-hydrogen) atoms. The number of benzene rings is 1. The Balaban J connectivity index is 1.30. The number of aromatic nitrogens is 5. The van der Waals surface area contributed by atoms with Crippen LogP contribution < -0.4 is 10.6 Å². The molecule has 1 fully saturated rings. The van der Waals surface area contributed by atoms with E-state index < -0.39 is 5.82 Å². The standard InChI is InChI=1S/C26H28FN7/c1-15-11-19(12-21-24(15)32-23-6-3-16(2)34(21)23)25-20(27)14-30-26(33-25)31-22-5-4-18(13-29-22)17-7-9-28-10-8-17/h4-5,11-14,16-17,28H,3,6-10H2,1-2H3,(H,29,30,31,33). The molecule has 0 aliphatic carbocycles. The van der Waals surface area contributed by atoms with Gasteiger partial charge in [-0.1, -0.05) is 6.07 Å². The number of halogens is 1. The Hall–Kier alpha value is -3.39. The summed E-state index contributed by atoms with van der Waals surface area (Å²) >= 11 is 0. The van der Waals surface area contributed by atoms with Gasteiger partial charge < -0.3 is 15.2 Å². The Kier molecular flexibility index (Phi) is 5.25. The minimum atomic E-state index is -0.451. The van der Waals surface area contributed by atoms with Crippen molar-refractivity contribution in [3.8, 4) is 11.3 Å². The van der Waals surface area contributed by atoms with Gasteiger partial charge in [0, 0.05) is 24.2 Å². The van der Waals surface area contributed by atoms with Crippen LogP contribution in [0.4, 0.5) is 16.2 Å². The lowest BCUT2D eigenvalue weighted by atomic mass is 9.91. The average Bonchev–Trinajstić information content (AvgIpc) is 3.41. The molecule has 5 heterocycles. The van der Waals surface area contributed by atoms with Crippen molar-refractivity contribution in [1.82, 2.24) is 29.8 Å². The second kappa shape index (κ2) is 8.43. The lowest BCUT2D eigenvalue weighted by Crippen LogP contribution is -2.26. The van der Waals surface area contributed by atoms with Crippen molar-refractivity contribution >= 4 is 22.8 Å². The van der Waals surface area contributed by atoms with Crippen LogP contribution in [-0.4, -0.2) is 37.6 Å². The molecule has 3 aromatic heterocycles. The zero-order chi connectivity index (χ0) is 23.2. The van der Waals surface area contributed by atoms with Gasteiger partial charge in [-0.2, -0.15) is 0 Å². The minimum Gasteiger partial charge on any atom is -0.325 e. The van der Waals surface area contributed by atoms with Gasteiger partial charge in [-0.15, -0.1) is 0 Å². The minimum absolute atomic E-state index is 0.273. The number of nitrogens with one attached hydrogen (secondary N) is 2. The molecule has 6 rings (SSSR count). The van der Waals surface area contributed by atoms with Crippen LogP contribution in [0.5, 0.6) is 0 Å². The predicted octanol–water partition coefficient (Wildman–Crippen LogP) is 5.05. The summed E-state index contributed by atoms with van der Waals surface area (Å²) in [6, 6.07) is 8.39. The fraction of sp³-hybridized carbons (Fsp3) is 0.385. The number of aryl methyl sites for hydroxylation is 2. The third-order valence-electron chi connectivity index (χ3n) is 7.14. The average molecular weight is 458 g/mol. The number of pyridine rings is 1. The first-order valence-electron chi connectivity index (χ1n) is 12.0. The molecule has 7 nitrogen and oxygen atoms in total. The zero-order valence-electron chi connectivity index (χ0n) is 19.5. The number of anilines is 2. The van der Waals surface area contributed by atoms with Gasteiger partial charge in [0.2, 0.25) is 5.95 Å². The molecule has 1 saturated heterocycles. The summed E-state index contributed by atoms with van der Waals surface area (Å²) in [6.07, 6.45) is 7.45. The highest BCUT2D eigenvalue weighted by Gasteiger charge is 2.24. The van der Waals surface area contributed by atoms with E-state index in [-0.39, 0.29) is 5.69 Å². The molecule has 0 radical (unpaired) electrons. The maximum absolute atomic E-state index is 14.9. The van der Waals surface area contributed by atoms with Gasteiger partial charge >= 0.3 is 0 Å². The van der Waals surface area contributed by atoms with Crippen molar-refractivity contribution in [2.45, 2.75) is 51.5 Å². The largest absolute Gasteiger partial charge is 0.325 e. The van der Waals surface area contributed by atoms with E-state index in [1.54, 1.807) is 0 Å². The van der Waals surface area contributed by atoms with Crippen molar-refractivity contribution < 1.29 is 4.39 Å². The monoisotopic (exact) mass is 457 g/mol. The highest BCUT2D eigenvalue weighted by molar-refractivity contribution is 5.85. The van der Waals surface area contributed by atoms with Gasteiger partial charge in [-0.05, 0) is 81.4 Å². The van der Waals surface area contributed by atoms with E-state index in [4.69, 9.17) is 4.98 Å². The molecule has 0 amide bonds. The number of imidazole rings is 1. The fourth-order valence-corrected chi connectivity index (χ4v) is 5.30. The summed E-state index contributed by atoms with van der Waals surface area (Å²) < 4.78 is 17.1. The van der Waals surface area contributed by atoms with Crippen LogP contribution in [0, 0.1) is 12.7 Å². The third-order valence-corrected chi connectivity index (χ3v) is 7.14. The molecule has 4 aromatic rings. The van der Waals surface area contributed by atoms with Gasteiger partial charge in [0.25, 0.3) is 0 Å². The van der Waals surface area contributed by atoms with Crippen LogP contribution in [0.2, 0.25) is 0 Å². The zero-order valence-corrected chi connectivity index (χ0v) is 19.5. The summed E-state index contributed by atoms with van der Waals surface area (Å²) in [5.41, 5.74) is 5.29. The first-order chi connectivity index (χ1) is 16.6. The fourth-order valence-electron chi connectivity index (χ4n) is 5.30. The van der Waals surface area contributed by atoms with Crippen LogP contribution in [0.3, 0.4) is 0 Å². The highest BCUT2D eigenvalue weighted by Crippen LogP contribution is 2.35. The molecule has 1 atom stereocenters. The lowest BCUT2D eigenvalue weighted by molar-refractivity contribution is 0.459. The summed E-state index contributed by atoms with van der Waals surface area (Å²) in [5.74, 6) is 2.16. The predicted molar refractivity (Wildman–Crippen MR) is 131 cm³/mol. The first kappa shape index (κ1) is 21.2. The molecule has 2 N–H and O–H groups in total. The van der Waals surface area contributed by atoms with E-state index in [1.165, 1.54) is 11.8 Å². The number of nitrogens with zero attached hydrogens (tertiary/aromatic N) is 5. The van der Waals surface area contributed by atoms with Crippen LogP contribution >= 0.6 is 0 Å². The molecular formula is C26H28FN7. The van der Waals surface area contributed by atoms with Crippen LogP contribution in [0.25, 0.3) is 22.3 Å². The van der Waals surface area contributed by atoms with E-state index in [9.17, 15) is 4.39 Å². The Morgan fingerprint density at radius 2 is 1.91 bits per heavy atom. The van der Waals surface area contributed by atoms with Gasteiger partial charge in [-0.3, -0.25) is 0 Å². The van der Waals surface area contributed by atoms with Gasteiger partial charge in [0.15, 0.2) is 5.82 Å². The van der Waals surface area contributed by atoms with Crippen LogP contribution in [0.1, 0.15) is 55.1 Å². The van der Waals surface area contributed by atoms with Crippen LogP contribution in [0.15, 0.2) is 36.7 Å².